The highest BCUT2D eigenvalue weighted by Gasteiger charge is 2.49. The van der Waals surface area contributed by atoms with Crippen molar-refractivity contribution in [3.05, 3.63) is 59.7 Å². The van der Waals surface area contributed by atoms with E-state index in [2.05, 4.69) is 0 Å². The van der Waals surface area contributed by atoms with Crippen LogP contribution in [0.15, 0.2) is 48.5 Å². The fourth-order valence-electron chi connectivity index (χ4n) is 4.12. The number of benzene rings is 2. The number of alkyl halides is 3. The van der Waals surface area contributed by atoms with Gasteiger partial charge in [0, 0.05) is 5.92 Å². The molecule has 0 fully saturated rings. The first-order valence-corrected chi connectivity index (χ1v) is 10.7. The van der Waals surface area contributed by atoms with Crippen LogP contribution in [0.25, 0.3) is 11.1 Å². The molecule has 7 nitrogen and oxygen atoms in total. The highest BCUT2D eigenvalue weighted by atomic mass is 19.4. The van der Waals surface area contributed by atoms with Crippen LogP contribution in [0, 0.1) is 0 Å². The van der Waals surface area contributed by atoms with Gasteiger partial charge in [0.05, 0.1) is 0 Å². The third-order valence-corrected chi connectivity index (χ3v) is 5.82. The van der Waals surface area contributed by atoms with Crippen molar-refractivity contribution >= 4 is 18.0 Å². The number of hydrogen-bond donors (Lipinski definition) is 3. The molecule has 2 unspecified atom stereocenters. The van der Waals surface area contributed by atoms with Crippen LogP contribution in [0.3, 0.4) is 0 Å². The highest BCUT2D eigenvalue weighted by molar-refractivity contribution is 5.91. The van der Waals surface area contributed by atoms with Crippen LogP contribution in [-0.2, 0) is 14.3 Å². The van der Waals surface area contributed by atoms with Crippen LogP contribution < -0.4 is 10.6 Å². The number of rotatable bonds is 8. The summed E-state index contributed by atoms with van der Waals surface area (Å²) >= 11 is 0. The van der Waals surface area contributed by atoms with Gasteiger partial charge in [0.25, 0.3) is 5.91 Å². The van der Waals surface area contributed by atoms with Gasteiger partial charge in [0.15, 0.2) is 0 Å². The van der Waals surface area contributed by atoms with Crippen LogP contribution in [0.5, 0.6) is 0 Å². The average molecular weight is 478 g/mol. The zero-order chi connectivity index (χ0) is 25.1. The predicted octanol–water partition coefficient (Wildman–Crippen LogP) is 4.22. The fourth-order valence-corrected chi connectivity index (χ4v) is 4.12. The minimum absolute atomic E-state index is 0.0937. The lowest BCUT2D eigenvalue weighted by Crippen LogP contribution is -2.61. The zero-order valence-corrected chi connectivity index (χ0v) is 18.6. The number of carbonyl (C=O) groups excluding carboxylic acids is 2. The summed E-state index contributed by atoms with van der Waals surface area (Å²) in [5.74, 6) is -3.54. The molecule has 1 aliphatic carbocycles. The van der Waals surface area contributed by atoms with Crippen molar-refractivity contribution in [1.29, 1.82) is 0 Å². The Bertz CT molecular complexity index is 1040. The van der Waals surface area contributed by atoms with E-state index >= 15 is 0 Å². The number of carboxylic acids is 1. The van der Waals surface area contributed by atoms with Crippen molar-refractivity contribution in [3.8, 4) is 11.1 Å². The molecule has 0 aromatic heterocycles. The SMILES string of the molecule is CCCC(C)(NC(=O)C(NC(=O)OCC1c2ccccc2-c2ccccc21)C(F)(F)F)C(=O)O. The molecule has 1 aliphatic rings. The number of carbonyl (C=O) groups is 3. The topological polar surface area (TPSA) is 105 Å². The first-order chi connectivity index (χ1) is 16.0. The van der Waals surface area contributed by atoms with Gasteiger partial charge in [0.2, 0.25) is 6.04 Å². The fraction of sp³-hybridized carbons (Fsp3) is 0.375. The molecule has 10 heteroatoms. The van der Waals surface area contributed by atoms with Crippen LogP contribution >= 0.6 is 0 Å². The number of alkyl carbamates (subject to hydrolysis) is 1. The average Bonchev–Trinajstić information content (AvgIpc) is 3.09. The van der Waals surface area contributed by atoms with Crippen molar-refractivity contribution in [2.24, 2.45) is 0 Å². The summed E-state index contributed by atoms with van der Waals surface area (Å²) < 4.78 is 45.7. The molecule has 0 radical (unpaired) electrons. The number of halogens is 3. The summed E-state index contributed by atoms with van der Waals surface area (Å²) in [7, 11) is 0. The van der Waals surface area contributed by atoms with Crippen LogP contribution in [0.1, 0.15) is 43.7 Å². The van der Waals surface area contributed by atoms with Crippen molar-refractivity contribution < 1.29 is 37.4 Å². The van der Waals surface area contributed by atoms with Crippen molar-refractivity contribution in [1.82, 2.24) is 10.6 Å². The van der Waals surface area contributed by atoms with E-state index in [0.29, 0.717) is 6.42 Å². The standard InChI is InChI=1S/C24H25F3N2O5/c1-3-12-23(2,21(31)32)29-20(30)19(24(25,26)27)28-22(33)34-13-18-16-10-6-4-8-14(16)15-9-5-7-11-17(15)18/h4-11,18-19H,3,12-13H2,1-2H3,(H,28,33)(H,29,30)(H,31,32). The smallest absolute Gasteiger partial charge is 0.417 e. The molecular weight excluding hydrogens is 453 g/mol. The number of amides is 2. The molecule has 0 heterocycles. The van der Waals surface area contributed by atoms with Gasteiger partial charge in [-0.25, -0.2) is 9.59 Å². The summed E-state index contributed by atoms with van der Waals surface area (Å²) in [6, 6.07) is 11.9. The lowest BCUT2D eigenvalue weighted by molar-refractivity contribution is -0.170. The molecule has 2 aromatic carbocycles. The molecule has 0 bridgehead atoms. The minimum Gasteiger partial charge on any atom is -0.480 e. The second kappa shape index (κ2) is 9.74. The number of fused-ring (bicyclic) bond motifs is 3. The van der Waals surface area contributed by atoms with Gasteiger partial charge in [-0.15, -0.1) is 0 Å². The third kappa shape index (κ3) is 5.16. The van der Waals surface area contributed by atoms with Gasteiger partial charge in [0.1, 0.15) is 12.1 Å². The second-order valence-corrected chi connectivity index (χ2v) is 8.32. The molecule has 2 amide bonds. The molecule has 2 aromatic rings. The molecule has 34 heavy (non-hydrogen) atoms. The van der Waals surface area contributed by atoms with Crippen LogP contribution in [-0.4, -0.2) is 47.4 Å². The van der Waals surface area contributed by atoms with Gasteiger partial charge in [-0.2, -0.15) is 13.2 Å². The molecule has 0 saturated heterocycles. The Labute approximate surface area is 194 Å². The summed E-state index contributed by atoms with van der Waals surface area (Å²) in [5, 5.41) is 12.8. The van der Waals surface area contributed by atoms with Crippen molar-refractivity contribution in [2.75, 3.05) is 6.61 Å². The van der Waals surface area contributed by atoms with E-state index in [4.69, 9.17) is 4.74 Å². The van der Waals surface area contributed by atoms with E-state index in [-0.39, 0.29) is 18.9 Å². The second-order valence-electron chi connectivity index (χ2n) is 8.32. The maximum Gasteiger partial charge on any atom is 0.417 e. The molecule has 3 N–H and O–H groups in total. The number of nitrogens with one attached hydrogen (secondary N) is 2. The highest BCUT2D eigenvalue weighted by Crippen LogP contribution is 2.44. The summed E-state index contributed by atoms with van der Waals surface area (Å²) in [6.07, 6.45) is -6.39. The summed E-state index contributed by atoms with van der Waals surface area (Å²) in [5.41, 5.74) is 1.72. The molecule has 0 spiro atoms. The van der Waals surface area contributed by atoms with E-state index < -0.39 is 35.7 Å². The summed E-state index contributed by atoms with van der Waals surface area (Å²) in [4.78, 5) is 36.1. The molecular formula is C24H25F3N2O5. The number of ether oxygens (including phenoxy) is 1. The first-order valence-electron chi connectivity index (χ1n) is 10.7. The molecule has 0 aliphatic heterocycles. The molecule has 2 atom stereocenters. The van der Waals surface area contributed by atoms with Gasteiger partial charge in [-0.1, -0.05) is 61.9 Å². The minimum atomic E-state index is -5.17. The third-order valence-electron chi connectivity index (χ3n) is 5.82. The number of carboxylic acid groups (broad SMARTS) is 1. The number of hydrogen-bond acceptors (Lipinski definition) is 4. The predicted molar refractivity (Wildman–Crippen MR) is 117 cm³/mol. The Morgan fingerprint density at radius 2 is 1.56 bits per heavy atom. The normalized spacial score (nSPS) is 15.4. The van der Waals surface area contributed by atoms with E-state index in [1.165, 1.54) is 0 Å². The Kier molecular flexibility index (Phi) is 7.18. The van der Waals surface area contributed by atoms with Gasteiger partial charge >= 0.3 is 18.2 Å². The first kappa shape index (κ1) is 25.1. The van der Waals surface area contributed by atoms with Crippen LogP contribution in [0.2, 0.25) is 0 Å². The van der Waals surface area contributed by atoms with Crippen molar-refractivity contribution in [2.45, 2.75) is 50.4 Å². The zero-order valence-electron chi connectivity index (χ0n) is 18.6. The number of aliphatic carboxylic acids is 1. The Morgan fingerprint density at radius 3 is 2.03 bits per heavy atom. The lowest BCUT2D eigenvalue weighted by Gasteiger charge is -2.29. The van der Waals surface area contributed by atoms with Gasteiger partial charge in [-0.05, 0) is 35.6 Å². The maximum atomic E-state index is 13.5. The van der Waals surface area contributed by atoms with Crippen LogP contribution in [0.4, 0.5) is 18.0 Å². The Morgan fingerprint density at radius 1 is 1.03 bits per heavy atom. The van der Waals surface area contributed by atoms with E-state index in [1.807, 2.05) is 53.8 Å². The van der Waals surface area contributed by atoms with Crippen molar-refractivity contribution in [3.63, 3.8) is 0 Å². The maximum absolute atomic E-state index is 13.5. The van der Waals surface area contributed by atoms with E-state index in [1.54, 1.807) is 12.2 Å². The molecule has 182 valence electrons. The monoisotopic (exact) mass is 478 g/mol. The Balaban J connectivity index is 1.72. The molecule has 3 rings (SSSR count). The largest absolute Gasteiger partial charge is 0.480 e. The lowest BCUT2D eigenvalue weighted by atomic mass is 9.95. The van der Waals surface area contributed by atoms with E-state index in [0.717, 1.165) is 29.2 Å². The van der Waals surface area contributed by atoms with E-state index in [9.17, 15) is 32.7 Å². The van der Waals surface area contributed by atoms with Gasteiger partial charge in [-0.3, -0.25) is 4.79 Å². The Hall–Kier alpha value is -3.56. The summed E-state index contributed by atoms with van der Waals surface area (Å²) in [6.45, 7) is 2.50. The molecule has 0 saturated carbocycles. The quantitative estimate of drug-likeness (QED) is 0.527. The van der Waals surface area contributed by atoms with Gasteiger partial charge < -0.3 is 20.5 Å².